The van der Waals surface area contributed by atoms with Crippen LogP contribution < -0.4 is 10.6 Å². The fourth-order valence-electron chi connectivity index (χ4n) is 2.18. The Kier molecular flexibility index (Phi) is 5.18. The van der Waals surface area contributed by atoms with Crippen molar-refractivity contribution in [1.29, 1.82) is 0 Å². The molecule has 18 heavy (non-hydrogen) atoms. The second-order valence-corrected chi connectivity index (χ2v) is 6.71. The molecule has 0 aromatic rings. The van der Waals surface area contributed by atoms with Gasteiger partial charge >= 0.3 is 0 Å². The quantitative estimate of drug-likeness (QED) is 0.600. The van der Waals surface area contributed by atoms with Gasteiger partial charge in [0.2, 0.25) is 0 Å². The highest BCUT2D eigenvalue weighted by Gasteiger charge is 2.33. The van der Waals surface area contributed by atoms with Crippen molar-refractivity contribution in [2.45, 2.75) is 32.7 Å². The van der Waals surface area contributed by atoms with Crippen LogP contribution in [0, 0.1) is 5.41 Å². The van der Waals surface area contributed by atoms with E-state index in [0.29, 0.717) is 6.04 Å². The van der Waals surface area contributed by atoms with Gasteiger partial charge in [-0.1, -0.05) is 6.92 Å². The summed E-state index contributed by atoms with van der Waals surface area (Å²) in [5, 5.41) is 6.89. The number of hydrogen-bond donors (Lipinski definition) is 2. The number of hydrogen-bond acceptors (Lipinski definition) is 3. The first-order valence-corrected chi connectivity index (χ1v) is 8.08. The maximum absolute atomic E-state index is 5.27. The van der Waals surface area contributed by atoms with E-state index in [-0.39, 0.29) is 5.41 Å². The van der Waals surface area contributed by atoms with Gasteiger partial charge in [0.1, 0.15) is 0 Å². The van der Waals surface area contributed by atoms with Crippen LogP contribution in [0.5, 0.6) is 0 Å². The minimum absolute atomic E-state index is 0.254. The summed E-state index contributed by atoms with van der Waals surface area (Å²) in [6.45, 7) is 7.80. The van der Waals surface area contributed by atoms with Crippen LogP contribution in [0.25, 0.3) is 0 Å². The van der Waals surface area contributed by atoms with E-state index in [0.717, 1.165) is 32.3 Å². The largest absolute Gasteiger partial charge is 0.380 e. The van der Waals surface area contributed by atoms with Crippen LogP contribution in [0.15, 0.2) is 4.99 Å². The molecule has 0 aromatic heterocycles. The van der Waals surface area contributed by atoms with Crippen LogP contribution in [-0.2, 0) is 4.74 Å². The van der Waals surface area contributed by atoms with E-state index in [2.05, 4.69) is 24.5 Å². The van der Waals surface area contributed by atoms with Gasteiger partial charge in [0.15, 0.2) is 5.96 Å². The standard InChI is InChI=1S/C13H25N3OS/c1-3-14-12(15-8-13(2)9-17-10-13)16-11-5-4-6-18-7-11/h11H,3-10H2,1-2H3,(H2,14,15,16). The third kappa shape index (κ3) is 4.05. The van der Waals surface area contributed by atoms with Gasteiger partial charge in [-0.05, 0) is 25.5 Å². The lowest BCUT2D eigenvalue weighted by Crippen LogP contribution is -2.47. The van der Waals surface area contributed by atoms with Crippen molar-refractivity contribution in [2.75, 3.05) is 37.8 Å². The van der Waals surface area contributed by atoms with Gasteiger partial charge in [0.05, 0.1) is 19.8 Å². The zero-order chi connectivity index (χ0) is 12.8. The molecule has 2 fully saturated rings. The Morgan fingerprint density at radius 3 is 2.89 bits per heavy atom. The molecule has 2 N–H and O–H groups in total. The number of guanidine groups is 1. The Morgan fingerprint density at radius 2 is 2.33 bits per heavy atom. The molecule has 104 valence electrons. The summed E-state index contributed by atoms with van der Waals surface area (Å²) in [7, 11) is 0. The molecule has 5 heteroatoms. The first kappa shape index (κ1) is 14.0. The van der Waals surface area contributed by atoms with Gasteiger partial charge in [0, 0.05) is 23.8 Å². The predicted octanol–water partition coefficient (Wildman–Crippen LogP) is 1.47. The highest BCUT2D eigenvalue weighted by molar-refractivity contribution is 7.99. The van der Waals surface area contributed by atoms with E-state index < -0.39 is 0 Å². The van der Waals surface area contributed by atoms with Crippen LogP contribution in [0.1, 0.15) is 26.7 Å². The van der Waals surface area contributed by atoms with E-state index in [1.54, 1.807) is 0 Å². The number of thioether (sulfide) groups is 1. The lowest BCUT2D eigenvalue weighted by molar-refractivity contribution is -0.0945. The van der Waals surface area contributed by atoms with Gasteiger partial charge in [-0.25, -0.2) is 0 Å². The Hall–Kier alpha value is -0.420. The first-order valence-electron chi connectivity index (χ1n) is 6.92. The van der Waals surface area contributed by atoms with Crippen molar-refractivity contribution in [1.82, 2.24) is 10.6 Å². The number of rotatable bonds is 4. The van der Waals surface area contributed by atoms with E-state index >= 15 is 0 Å². The highest BCUT2D eigenvalue weighted by Crippen LogP contribution is 2.26. The van der Waals surface area contributed by atoms with Crippen molar-refractivity contribution in [3.63, 3.8) is 0 Å². The molecule has 1 atom stereocenters. The van der Waals surface area contributed by atoms with Gasteiger partial charge in [-0.3, -0.25) is 4.99 Å². The monoisotopic (exact) mass is 271 g/mol. The Balaban J connectivity index is 1.83. The summed E-state index contributed by atoms with van der Waals surface area (Å²) in [5.74, 6) is 3.48. The van der Waals surface area contributed by atoms with Crippen molar-refractivity contribution in [3.05, 3.63) is 0 Å². The maximum Gasteiger partial charge on any atom is 0.191 e. The maximum atomic E-state index is 5.27. The first-order chi connectivity index (χ1) is 8.72. The minimum atomic E-state index is 0.254. The number of aliphatic imine (C=N–C) groups is 1. The molecule has 4 nitrogen and oxygen atoms in total. The summed E-state index contributed by atoms with van der Waals surface area (Å²) in [6, 6.07) is 0.576. The molecule has 2 aliphatic rings. The molecule has 0 spiro atoms. The summed E-state index contributed by atoms with van der Waals surface area (Å²) in [4.78, 5) is 4.71. The minimum Gasteiger partial charge on any atom is -0.380 e. The average molecular weight is 271 g/mol. The molecule has 0 aromatic carbocycles. The van der Waals surface area contributed by atoms with Crippen molar-refractivity contribution in [2.24, 2.45) is 10.4 Å². The number of nitrogens with one attached hydrogen (secondary N) is 2. The Morgan fingerprint density at radius 1 is 1.50 bits per heavy atom. The smallest absolute Gasteiger partial charge is 0.191 e. The fourth-order valence-corrected chi connectivity index (χ4v) is 3.25. The van der Waals surface area contributed by atoms with Crippen LogP contribution >= 0.6 is 11.8 Å². The van der Waals surface area contributed by atoms with Crippen molar-refractivity contribution in [3.8, 4) is 0 Å². The van der Waals surface area contributed by atoms with Crippen LogP contribution in [0.4, 0.5) is 0 Å². The van der Waals surface area contributed by atoms with Gasteiger partial charge in [0.25, 0.3) is 0 Å². The van der Waals surface area contributed by atoms with E-state index in [4.69, 9.17) is 9.73 Å². The number of nitrogens with zero attached hydrogens (tertiary/aromatic N) is 1. The summed E-state index contributed by atoms with van der Waals surface area (Å²) >= 11 is 2.04. The zero-order valence-electron chi connectivity index (χ0n) is 11.5. The lowest BCUT2D eigenvalue weighted by Gasteiger charge is -2.36. The Bertz CT molecular complexity index is 286. The zero-order valence-corrected chi connectivity index (χ0v) is 12.3. The SMILES string of the molecule is CCNC(=NCC1(C)COC1)NC1CCCSC1. The molecular weight excluding hydrogens is 246 g/mol. The second-order valence-electron chi connectivity index (χ2n) is 5.56. The Labute approximate surface area is 114 Å². The second kappa shape index (κ2) is 6.66. The normalized spacial score (nSPS) is 27.4. The summed E-state index contributed by atoms with van der Waals surface area (Å²) in [6.07, 6.45) is 2.57. The molecule has 2 heterocycles. The highest BCUT2D eigenvalue weighted by atomic mass is 32.2. The third-order valence-electron chi connectivity index (χ3n) is 3.37. The van der Waals surface area contributed by atoms with E-state index in [1.165, 1.54) is 24.3 Å². The predicted molar refractivity (Wildman–Crippen MR) is 78.4 cm³/mol. The third-order valence-corrected chi connectivity index (χ3v) is 4.58. The van der Waals surface area contributed by atoms with Crippen LogP contribution in [0.2, 0.25) is 0 Å². The molecule has 0 radical (unpaired) electrons. The van der Waals surface area contributed by atoms with Gasteiger partial charge < -0.3 is 15.4 Å². The van der Waals surface area contributed by atoms with Gasteiger partial charge in [-0.2, -0.15) is 11.8 Å². The molecule has 2 rings (SSSR count). The topological polar surface area (TPSA) is 45.7 Å². The lowest BCUT2D eigenvalue weighted by atomic mass is 9.89. The van der Waals surface area contributed by atoms with Crippen LogP contribution in [-0.4, -0.2) is 49.8 Å². The average Bonchev–Trinajstić information content (AvgIpc) is 2.35. The van der Waals surface area contributed by atoms with Crippen molar-refractivity contribution < 1.29 is 4.74 Å². The summed E-state index contributed by atoms with van der Waals surface area (Å²) in [5.41, 5.74) is 0.254. The fraction of sp³-hybridized carbons (Fsp3) is 0.923. The molecule has 0 saturated carbocycles. The van der Waals surface area contributed by atoms with Crippen molar-refractivity contribution >= 4 is 17.7 Å². The molecule has 0 amide bonds. The molecule has 0 aliphatic carbocycles. The van der Waals surface area contributed by atoms with Crippen LogP contribution in [0.3, 0.4) is 0 Å². The number of ether oxygens (including phenoxy) is 1. The summed E-state index contributed by atoms with van der Waals surface area (Å²) < 4.78 is 5.27. The molecule has 1 unspecified atom stereocenters. The van der Waals surface area contributed by atoms with Gasteiger partial charge in [-0.15, -0.1) is 0 Å². The van der Waals surface area contributed by atoms with E-state index in [1.807, 2.05) is 11.8 Å². The van der Waals surface area contributed by atoms with E-state index in [9.17, 15) is 0 Å². The molecule has 2 aliphatic heterocycles. The molecule has 0 bridgehead atoms. The molecule has 2 saturated heterocycles. The molecular formula is C13H25N3OS.